The molecule has 0 spiro atoms. The van der Waals surface area contributed by atoms with E-state index in [-0.39, 0.29) is 18.7 Å². The van der Waals surface area contributed by atoms with Crippen LogP contribution in [-0.2, 0) is 30.3 Å². The molecule has 9 heteroatoms. The van der Waals surface area contributed by atoms with Crippen LogP contribution < -0.4 is 16.0 Å². The van der Waals surface area contributed by atoms with E-state index in [1.807, 2.05) is 6.07 Å². The van der Waals surface area contributed by atoms with Crippen LogP contribution in [0.4, 0.5) is 4.79 Å². The first-order valence-electron chi connectivity index (χ1n) is 8.90. The lowest BCUT2D eigenvalue weighted by molar-refractivity contribution is -0.140. The van der Waals surface area contributed by atoms with E-state index in [2.05, 4.69) is 27.3 Å². The molecule has 0 fully saturated rings. The van der Waals surface area contributed by atoms with Crippen molar-refractivity contribution >= 4 is 23.9 Å². The van der Waals surface area contributed by atoms with E-state index in [1.54, 1.807) is 45.0 Å². The normalized spacial score (nSPS) is 11.6. The molecule has 9 nitrogen and oxygen atoms in total. The summed E-state index contributed by atoms with van der Waals surface area (Å²) in [5.74, 6) is -2.05. The highest BCUT2D eigenvalue weighted by Gasteiger charge is 2.26. The third kappa shape index (κ3) is 9.41. The minimum absolute atomic E-state index is 0.170. The van der Waals surface area contributed by atoms with E-state index < -0.39 is 35.5 Å². The lowest BCUT2D eigenvalue weighted by Gasteiger charge is -2.23. The minimum atomic E-state index is -1.02. The lowest BCUT2D eigenvalue weighted by Crippen LogP contribution is -2.50. The summed E-state index contributed by atoms with van der Waals surface area (Å²) in [6, 6.07) is 8.02. The summed E-state index contributed by atoms with van der Waals surface area (Å²) in [4.78, 5) is 47.8. The Labute approximate surface area is 169 Å². The van der Waals surface area contributed by atoms with Crippen LogP contribution in [0.15, 0.2) is 42.6 Å². The predicted octanol–water partition coefficient (Wildman–Crippen LogP) is 1.04. The summed E-state index contributed by atoms with van der Waals surface area (Å²) >= 11 is 0. The SMILES string of the molecule is C=C(NC(=O)C(Cc1ccccc1)NC(=O)OC(C)(C)C)C(=O)NCC(=O)OC. The smallest absolute Gasteiger partial charge is 0.408 e. The molecule has 0 aliphatic heterocycles. The fourth-order valence-corrected chi connectivity index (χ4v) is 2.13. The van der Waals surface area contributed by atoms with Crippen LogP contribution in [0.1, 0.15) is 26.3 Å². The summed E-state index contributed by atoms with van der Waals surface area (Å²) in [7, 11) is 1.18. The van der Waals surface area contributed by atoms with Crippen molar-refractivity contribution in [3.8, 4) is 0 Å². The number of benzene rings is 1. The van der Waals surface area contributed by atoms with Gasteiger partial charge in [-0.3, -0.25) is 14.4 Å². The van der Waals surface area contributed by atoms with Crippen LogP contribution >= 0.6 is 0 Å². The zero-order valence-electron chi connectivity index (χ0n) is 17.0. The fourth-order valence-electron chi connectivity index (χ4n) is 2.13. The van der Waals surface area contributed by atoms with Crippen molar-refractivity contribution in [3.63, 3.8) is 0 Å². The number of nitrogens with one attached hydrogen (secondary N) is 3. The van der Waals surface area contributed by atoms with Gasteiger partial charge >= 0.3 is 12.1 Å². The van der Waals surface area contributed by atoms with Crippen LogP contribution in [0.2, 0.25) is 0 Å². The number of carbonyl (C=O) groups excluding carboxylic acids is 4. The van der Waals surface area contributed by atoms with Gasteiger partial charge in [-0.1, -0.05) is 36.9 Å². The van der Waals surface area contributed by atoms with Crippen molar-refractivity contribution in [3.05, 3.63) is 48.2 Å². The van der Waals surface area contributed by atoms with Crippen LogP contribution in [-0.4, -0.2) is 49.2 Å². The molecule has 0 aromatic heterocycles. The second-order valence-corrected chi connectivity index (χ2v) is 7.12. The third-order valence-electron chi connectivity index (χ3n) is 3.46. The van der Waals surface area contributed by atoms with E-state index in [0.717, 1.165) is 5.56 Å². The monoisotopic (exact) mass is 405 g/mol. The maximum absolute atomic E-state index is 12.6. The molecule has 1 aromatic carbocycles. The van der Waals surface area contributed by atoms with Crippen LogP contribution in [0.3, 0.4) is 0 Å². The second-order valence-electron chi connectivity index (χ2n) is 7.12. The summed E-state index contributed by atoms with van der Waals surface area (Å²) in [6.45, 7) is 8.22. The van der Waals surface area contributed by atoms with Crippen molar-refractivity contribution in [1.29, 1.82) is 0 Å². The lowest BCUT2D eigenvalue weighted by atomic mass is 10.1. The largest absolute Gasteiger partial charge is 0.468 e. The van der Waals surface area contributed by atoms with Crippen LogP contribution in [0.5, 0.6) is 0 Å². The van der Waals surface area contributed by atoms with E-state index in [9.17, 15) is 19.2 Å². The maximum Gasteiger partial charge on any atom is 0.408 e. The standard InChI is InChI=1S/C20H27N3O6/c1-13(17(25)21-12-16(24)28-5)22-18(26)15(11-14-9-7-6-8-10-14)23-19(27)29-20(2,3)4/h6-10,15H,1,11-12H2,2-5H3,(H,21,25)(H,22,26)(H,23,27). The number of rotatable bonds is 8. The fraction of sp³-hybridized carbons (Fsp3) is 0.400. The molecular formula is C20H27N3O6. The number of esters is 1. The first-order valence-corrected chi connectivity index (χ1v) is 8.90. The Balaban J connectivity index is 2.81. The molecular weight excluding hydrogens is 378 g/mol. The summed E-state index contributed by atoms with van der Waals surface area (Å²) in [6.07, 6.45) is -0.600. The van der Waals surface area contributed by atoms with Crippen LogP contribution in [0, 0.1) is 0 Å². The Kier molecular flexibility index (Phi) is 8.85. The van der Waals surface area contributed by atoms with Gasteiger partial charge in [0, 0.05) is 6.42 Å². The Morgan fingerprint density at radius 2 is 1.72 bits per heavy atom. The highest BCUT2D eigenvalue weighted by molar-refractivity contribution is 5.99. The molecule has 0 aliphatic carbocycles. The molecule has 3 N–H and O–H groups in total. The molecule has 1 atom stereocenters. The quantitative estimate of drug-likeness (QED) is 0.439. The first-order chi connectivity index (χ1) is 13.5. The summed E-state index contributed by atoms with van der Waals surface area (Å²) < 4.78 is 9.62. The van der Waals surface area contributed by atoms with Gasteiger partial charge in [-0.2, -0.15) is 0 Å². The van der Waals surface area contributed by atoms with Gasteiger partial charge in [0.05, 0.1) is 12.8 Å². The molecule has 0 heterocycles. The Morgan fingerprint density at radius 1 is 1.10 bits per heavy atom. The molecule has 1 unspecified atom stereocenters. The van der Waals surface area contributed by atoms with Gasteiger partial charge < -0.3 is 25.4 Å². The minimum Gasteiger partial charge on any atom is -0.468 e. The molecule has 1 rings (SSSR count). The molecule has 0 aliphatic rings. The molecule has 0 saturated carbocycles. The van der Waals surface area contributed by atoms with Crippen molar-refractivity contribution in [2.24, 2.45) is 0 Å². The molecule has 0 bridgehead atoms. The molecule has 158 valence electrons. The zero-order valence-corrected chi connectivity index (χ0v) is 17.0. The first kappa shape index (κ1) is 23.7. The molecule has 3 amide bonds. The number of hydrogen-bond donors (Lipinski definition) is 3. The van der Waals surface area contributed by atoms with Gasteiger partial charge in [0.1, 0.15) is 18.2 Å². The molecule has 0 saturated heterocycles. The Bertz CT molecular complexity index is 755. The van der Waals surface area contributed by atoms with Crippen LogP contribution in [0.25, 0.3) is 0 Å². The van der Waals surface area contributed by atoms with E-state index in [4.69, 9.17) is 4.74 Å². The topological polar surface area (TPSA) is 123 Å². The number of ether oxygens (including phenoxy) is 2. The molecule has 29 heavy (non-hydrogen) atoms. The summed E-state index contributed by atoms with van der Waals surface area (Å²) in [5, 5.41) is 7.11. The van der Waals surface area contributed by atoms with Gasteiger partial charge in [-0.15, -0.1) is 0 Å². The number of hydrogen-bond acceptors (Lipinski definition) is 6. The van der Waals surface area contributed by atoms with E-state index >= 15 is 0 Å². The van der Waals surface area contributed by atoms with Gasteiger partial charge in [0.2, 0.25) is 5.91 Å². The van der Waals surface area contributed by atoms with Gasteiger partial charge in [0.25, 0.3) is 5.91 Å². The highest BCUT2D eigenvalue weighted by atomic mass is 16.6. The molecule has 0 radical (unpaired) electrons. The predicted molar refractivity (Wildman–Crippen MR) is 106 cm³/mol. The Hall–Kier alpha value is -3.36. The van der Waals surface area contributed by atoms with Crippen molar-refractivity contribution in [2.75, 3.05) is 13.7 Å². The van der Waals surface area contributed by atoms with Gasteiger partial charge in [-0.05, 0) is 26.3 Å². The summed E-state index contributed by atoms with van der Waals surface area (Å²) in [5.41, 5.74) is -0.220. The average Bonchev–Trinajstić information content (AvgIpc) is 2.64. The van der Waals surface area contributed by atoms with Crippen molar-refractivity contribution in [1.82, 2.24) is 16.0 Å². The number of carbonyl (C=O) groups is 4. The van der Waals surface area contributed by atoms with E-state index in [1.165, 1.54) is 7.11 Å². The highest BCUT2D eigenvalue weighted by Crippen LogP contribution is 2.09. The zero-order chi connectivity index (χ0) is 22.0. The van der Waals surface area contributed by atoms with Crippen molar-refractivity contribution < 1.29 is 28.7 Å². The van der Waals surface area contributed by atoms with E-state index in [0.29, 0.717) is 0 Å². The number of alkyl carbamates (subject to hydrolysis) is 1. The number of methoxy groups -OCH3 is 1. The second kappa shape index (κ2) is 10.8. The molecule has 1 aromatic rings. The van der Waals surface area contributed by atoms with Crippen molar-refractivity contribution in [2.45, 2.75) is 38.8 Å². The Morgan fingerprint density at radius 3 is 2.28 bits per heavy atom. The van der Waals surface area contributed by atoms with Gasteiger partial charge in [-0.25, -0.2) is 4.79 Å². The number of amides is 3. The van der Waals surface area contributed by atoms with Gasteiger partial charge in [0.15, 0.2) is 0 Å². The average molecular weight is 405 g/mol. The maximum atomic E-state index is 12.6. The third-order valence-corrected chi connectivity index (χ3v) is 3.46.